The summed E-state index contributed by atoms with van der Waals surface area (Å²) >= 11 is 0. The molecule has 126 valence electrons. The Labute approximate surface area is 144 Å². The number of benzene rings is 2. The molecule has 1 aliphatic heterocycles. The molecule has 24 heavy (non-hydrogen) atoms. The van der Waals surface area contributed by atoms with Crippen LogP contribution in [0.25, 0.3) is 0 Å². The molecule has 0 aromatic heterocycles. The van der Waals surface area contributed by atoms with Gasteiger partial charge >= 0.3 is 0 Å². The highest BCUT2D eigenvalue weighted by Crippen LogP contribution is 2.26. The SMILES string of the molecule is CC(CC(=O)N1CCN(C)C(c2ccccc2)C1)c1ccccc1. The van der Waals surface area contributed by atoms with E-state index in [2.05, 4.69) is 55.3 Å². The van der Waals surface area contributed by atoms with Gasteiger partial charge in [0.1, 0.15) is 0 Å². The van der Waals surface area contributed by atoms with Gasteiger partial charge in [-0.05, 0) is 24.1 Å². The average molecular weight is 322 g/mol. The summed E-state index contributed by atoms with van der Waals surface area (Å²) in [4.78, 5) is 17.2. The van der Waals surface area contributed by atoms with Crippen molar-refractivity contribution in [3.05, 3.63) is 71.8 Å². The van der Waals surface area contributed by atoms with Crippen LogP contribution in [0.5, 0.6) is 0 Å². The van der Waals surface area contributed by atoms with Crippen molar-refractivity contribution < 1.29 is 4.79 Å². The number of piperazine rings is 1. The fraction of sp³-hybridized carbons (Fsp3) is 0.381. The number of hydrogen-bond acceptors (Lipinski definition) is 2. The molecule has 0 radical (unpaired) electrons. The van der Waals surface area contributed by atoms with Crippen LogP contribution in [0.4, 0.5) is 0 Å². The molecule has 0 saturated carbocycles. The molecule has 0 bridgehead atoms. The van der Waals surface area contributed by atoms with E-state index >= 15 is 0 Å². The van der Waals surface area contributed by atoms with Gasteiger partial charge in [-0.25, -0.2) is 0 Å². The molecule has 0 N–H and O–H groups in total. The fourth-order valence-electron chi connectivity index (χ4n) is 3.43. The molecule has 0 aliphatic carbocycles. The number of carbonyl (C=O) groups is 1. The predicted molar refractivity (Wildman–Crippen MR) is 97.9 cm³/mol. The molecule has 3 rings (SSSR count). The number of likely N-dealkylation sites (N-methyl/N-ethyl adjacent to an activating group) is 1. The van der Waals surface area contributed by atoms with Gasteiger partial charge < -0.3 is 4.90 Å². The van der Waals surface area contributed by atoms with Gasteiger partial charge in [0.25, 0.3) is 0 Å². The van der Waals surface area contributed by atoms with Crippen molar-refractivity contribution in [3.8, 4) is 0 Å². The van der Waals surface area contributed by atoms with Crippen LogP contribution in [0.1, 0.15) is 36.4 Å². The topological polar surface area (TPSA) is 23.6 Å². The molecule has 2 aromatic rings. The number of carbonyl (C=O) groups excluding carboxylic acids is 1. The van der Waals surface area contributed by atoms with Crippen LogP contribution < -0.4 is 0 Å². The second-order valence-corrected chi connectivity index (χ2v) is 6.76. The minimum atomic E-state index is 0.258. The maximum Gasteiger partial charge on any atom is 0.223 e. The molecule has 2 atom stereocenters. The van der Waals surface area contributed by atoms with Crippen molar-refractivity contribution in [2.45, 2.75) is 25.3 Å². The standard InChI is InChI=1S/C21H26N2O/c1-17(18-9-5-3-6-10-18)15-21(24)23-14-13-22(2)20(16-23)19-11-7-4-8-12-19/h3-12,17,20H,13-16H2,1-2H3. The minimum Gasteiger partial charge on any atom is -0.339 e. The van der Waals surface area contributed by atoms with E-state index in [9.17, 15) is 4.79 Å². The highest BCUT2D eigenvalue weighted by molar-refractivity contribution is 5.77. The number of nitrogens with zero attached hydrogens (tertiary/aromatic N) is 2. The molecule has 0 spiro atoms. The zero-order valence-corrected chi connectivity index (χ0v) is 14.6. The van der Waals surface area contributed by atoms with Crippen molar-refractivity contribution in [2.24, 2.45) is 0 Å². The molecular weight excluding hydrogens is 296 g/mol. The van der Waals surface area contributed by atoms with E-state index < -0.39 is 0 Å². The van der Waals surface area contributed by atoms with Crippen LogP contribution in [0, 0.1) is 0 Å². The molecule has 3 heteroatoms. The van der Waals surface area contributed by atoms with Crippen LogP contribution in [0.3, 0.4) is 0 Å². The summed E-state index contributed by atoms with van der Waals surface area (Å²) in [7, 11) is 2.14. The Morgan fingerprint density at radius 1 is 1.04 bits per heavy atom. The monoisotopic (exact) mass is 322 g/mol. The third-order valence-corrected chi connectivity index (χ3v) is 5.03. The largest absolute Gasteiger partial charge is 0.339 e. The summed E-state index contributed by atoms with van der Waals surface area (Å²) in [6.45, 7) is 4.66. The van der Waals surface area contributed by atoms with Crippen molar-refractivity contribution in [1.82, 2.24) is 9.80 Å². The Morgan fingerprint density at radius 2 is 1.67 bits per heavy atom. The summed E-state index contributed by atoms with van der Waals surface area (Å²) in [6.07, 6.45) is 0.579. The first kappa shape index (κ1) is 16.7. The van der Waals surface area contributed by atoms with E-state index in [-0.39, 0.29) is 17.9 Å². The lowest BCUT2D eigenvalue weighted by molar-refractivity contribution is -0.134. The van der Waals surface area contributed by atoms with Gasteiger partial charge in [-0.3, -0.25) is 9.69 Å². The summed E-state index contributed by atoms with van der Waals surface area (Å²) in [6, 6.07) is 21.1. The molecule has 2 unspecified atom stereocenters. The molecule has 1 saturated heterocycles. The molecule has 1 fully saturated rings. The first-order chi connectivity index (χ1) is 11.6. The smallest absolute Gasteiger partial charge is 0.223 e. The average Bonchev–Trinajstić information content (AvgIpc) is 2.63. The molecule has 3 nitrogen and oxygen atoms in total. The Kier molecular flexibility index (Phi) is 5.31. The van der Waals surface area contributed by atoms with Gasteiger partial charge in [-0.2, -0.15) is 0 Å². The summed E-state index contributed by atoms with van der Waals surface area (Å²) < 4.78 is 0. The molecule has 2 aromatic carbocycles. The van der Waals surface area contributed by atoms with E-state index in [0.29, 0.717) is 6.42 Å². The van der Waals surface area contributed by atoms with Gasteiger partial charge in [0.05, 0.1) is 6.04 Å². The fourth-order valence-corrected chi connectivity index (χ4v) is 3.43. The van der Waals surface area contributed by atoms with Crippen molar-refractivity contribution in [3.63, 3.8) is 0 Å². The van der Waals surface area contributed by atoms with Gasteiger partial charge in [-0.15, -0.1) is 0 Å². The molecular formula is C21H26N2O. The third-order valence-electron chi connectivity index (χ3n) is 5.03. The zero-order valence-electron chi connectivity index (χ0n) is 14.6. The van der Waals surface area contributed by atoms with Crippen molar-refractivity contribution in [2.75, 3.05) is 26.7 Å². The van der Waals surface area contributed by atoms with Crippen LogP contribution >= 0.6 is 0 Å². The van der Waals surface area contributed by atoms with E-state index in [1.165, 1.54) is 11.1 Å². The van der Waals surface area contributed by atoms with Gasteiger partial charge in [0.2, 0.25) is 5.91 Å². The first-order valence-corrected chi connectivity index (χ1v) is 8.73. The van der Waals surface area contributed by atoms with E-state index in [4.69, 9.17) is 0 Å². The number of amides is 1. The number of rotatable bonds is 4. The zero-order chi connectivity index (χ0) is 16.9. The van der Waals surface area contributed by atoms with E-state index in [1.807, 2.05) is 29.2 Å². The first-order valence-electron chi connectivity index (χ1n) is 8.73. The van der Waals surface area contributed by atoms with E-state index in [0.717, 1.165) is 19.6 Å². The highest BCUT2D eigenvalue weighted by Gasteiger charge is 2.28. The molecule has 1 heterocycles. The quantitative estimate of drug-likeness (QED) is 0.857. The number of hydrogen-bond donors (Lipinski definition) is 0. The Bertz CT molecular complexity index is 656. The molecule has 1 aliphatic rings. The van der Waals surface area contributed by atoms with Crippen LogP contribution in [-0.2, 0) is 4.79 Å². The minimum absolute atomic E-state index is 0.258. The normalized spacial score (nSPS) is 19.9. The van der Waals surface area contributed by atoms with Crippen LogP contribution in [0.15, 0.2) is 60.7 Å². The van der Waals surface area contributed by atoms with Crippen molar-refractivity contribution >= 4 is 5.91 Å². The maximum absolute atomic E-state index is 12.8. The molecule has 1 amide bonds. The van der Waals surface area contributed by atoms with E-state index in [1.54, 1.807) is 0 Å². The van der Waals surface area contributed by atoms with Crippen LogP contribution in [-0.4, -0.2) is 42.4 Å². The lowest BCUT2D eigenvalue weighted by Crippen LogP contribution is -2.49. The van der Waals surface area contributed by atoms with Gasteiger partial charge in [0.15, 0.2) is 0 Å². The van der Waals surface area contributed by atoms with Gasteiger partial charge in [0, 0.05) is 26.1 Å². The predicted octanol–water partition coefficient (Wildman–Crippen LogP) is 3.70. The Morgan fingerprint density at radius 3 is 2.33 bits per heavy atom. The second-order valence-electron chi connectivity index (χ2n) is 6.76. The Hall–Kier alpha value is -2.13. The lowest BCUT2D eigenvalue weighted by Gasteiger charge is -2.40. The van der Waals surface area contributed by atoms with Crippen LogP contribution in [0.2, 0.25) is 0 Å². The van der Waals surface area contributed by atoms with Crippen molar-refractivity contribution in [1.29, 1.82) is 0 Å². The summed E-state index contributed by atoms with van der Waals surface area (Å²) in [5, 5.41) is 0. The maximum atomic E-state index is 12.8. The highest BCUT2D eigenvalue weighted by atomic mass is 16.2. The Balaban J connectivity index is 1.65. The second kappa shape index (κ2) is 7.63. The lowest BCUT2D eigenvalue weighted by atomic mass is 9.96. The summed E-state index contributed by atoms with van der Waals surface area (Å²) in [5.41, 5.74) is 2.52. The third kappa shape index (κ3) is 3.85. The van der Waals surface area contributed by atoms with Gasteiger partial charge in [-0.1, -0.05) is 67.6 Å². The summed E-state index contributed by atoms with van der Waals surface area (Å²) in [5.74, 6) is 0.522.